The van der Waals surface area contributed by atoms with Gasteiger partial charge >= 0.3 is 69.9 Å². The Labute approximate surface area is 546 Å². The molecule has 0 bridgehead atoms. The molecule has 10 nitrogen and oxygen atoms in total. The van der Waals surface area contributed by atoms with Gasteiger partial charge in [-0.15, -0.1) is 23.0 Å². The normalized spacial score (nSPS) is 11.7. The van der Waals surface area contributed by atoms with E-state index in [-0.39, 0.29) is 136 Å². The molecule has 0 N–H and O–H groups in total. The molecule has 0 amide bonds. The summed E-state index contributed by atoms with van der Waals surface area (Å²) < 4.78 is 27.9. The van der Waals surface area contributed by atoms with Crippen molar-refractivity contribution in [3.8, 4) is 23.0 Å². The number of ether oxygens (including phenoxy) is 6. The van der Waals surface area contributed by atoms with E-state index in [1.165, 1.54) is 0 Å². The van der Waals surface area contributed by atoms with Crippen molar-refractivity contribution in [2.45, 2.75) is 209 Å². The SMILES string of the molecule is CC(C)(C)c1cccc(C(C)(C)C)c1[O-].CC(C)(C)c1cccc(C(C)(C)C)c1[O-].CC(C)(C)c1cccc(C(C)(C)C)c1[O-].CC(C)(C)c1cccc(C(C)(C)C)c1[O-].COCCOC.COCCOC.COCCOC.[Na+].[Sm+3]. The predicted molar refractivity (Wildman–Crippen MR) is 324 cm³/mol. The molecule has 0 unspecified atom stereocenters. The molecule has 0 fully saturated rings. The van der Waals surface area contributed by atoms with Gasteiger partial charge in [-0.1, -0.05) is 283 Å². The second-order valence-electron chi connectivity index (χ2n) is 27.7. The molecule has 0 aliphatic rings. The van der Waals surface area contributed by atoms with Crippen molar-refractivity contribution in [1.29, 1.82) is 0 Å². The van der Waals surface area contributed by atoms with Crippen LogP contribution in [0.3, 0.4) is 0 Å². The van der Waals surface area contributed by atoms with Gasteiger partial charge in [0.25, 0.3) is 0 Å². The Morgan fingerprint density at radius 3 is 0.388 bits per heavy atom. The van der Waals surface area contributed by atoms with E-state index in [0.29, 0.717) is 39.6 Å². The van der Waals surface area contributed by atoms with Crippen LogP contribution in [0.2, 0.25) is 0 Å². The second kappa shape index (κ2) is 39.7. The summed E-state index contributed by atoms with van der Waals surface area (Å²) >= 11 is 0. The van der Waals surface area contributed by atoms with E-state index in [9.17, 15) is 20.4 Å². The van der Waals surface area contributed by atoms with Crippen molar-refractivity contribution < 1.29 is 119 Å². The Morgan fingerprint density at radius 2 is 0.325 bits per heavy atom. The first-order chi connectivity index (χ1) is 35.3. The molecule has 0 heterocycles. The van der Waals surface area contributed by atoms with Crippen LogP contribution in [-0.2, 0) is 71.7 Å². The van der Waals surface area contributed by atoms with Crippen molar-refractivity contribution in [3.63, 3.8) is 0 Å². The first-order valence-electron chi connectivity index (χ1n) is 27.5. The molecule has 1 radical (unpaired) electrons. The second-order valence-corrected chi connectivity index (χ2v) is 27.7. The third-order valence-electron chi connectivity index (χ3n) is 12.0. The monoisotopic (exact) mass is 1270 g/mol. The Balaban J connectivity index is -0.000000281. The average molecular weight is 1260 g/mol. The maximum absolute atomic E-state index is 12.3. The van der Waals surface area contributed by atoms with Crippen LogP contribution in [0.15, 0.2) is 72.8 Å². The third-order valence-corrected chi connectivity index (χ3v) is 12.0. The van der Waals surface area contributed by atoms with E-state index in [2.05, 4.69) is 195 Å². The Bertz CT molecular complexity index is 1780. The first kappa shape index (κ1) is 87.0. The fraction of sp³-hybridized carbons (Fsp3) is 0.647. The van der Waals surface area contributed by atoms with Crippen LogP contribution in [0.4, 0.5) is 0 Å². The number of hydrogen-bond donors (Lipinski definition) is 0. The maximum Gasteiger partial charge on any atom is 3.00 e. The smallest absolute Gasteiger partial charge is 0.872 e. The van der Waals surface area contributed by atoms with Crippen molar-refractivity contribution >= 4 is 0 Å². The summed E-state index contributed by atoms with van der Waals surface area (Å²) in [5.74, 6) is 0.824. The fourth-order valence-electron chi connectivity index (χ4n) is 7.37. The molecular weight excluding hydrogens is 1150 g/mol. The number of para-hydroxylation sites is 4. The average Bonchev–Trinajstić information content (AvgIpc) is 3.28. The minimum absolute atomic E-state index is 0. The van der Waals surface area contributed by atoms with Gasteiger partial charge in [0.15, 0.2) is 0 Å². The van der Waals surface area contributed by atoms with Crippen LogP contribution >= 0.6 is 0 Å². The Morgan fingerprint density at radius 1 is 0.237 bits per heavy atom. The third kappa shape index (κ3) is 34.8. The van der Waals surface area contributed by atoms with Gasteiger partial charge in [0.2, 0.25) is 0 Å². The molecule has 0 spiro atoms. The van der Waals surface area contributed by atoms with Crippen LogP contribution in [0.5, 0.6) is 23.0 Å². The zero-order chi connectivity index (χ0) is 61.9. The molecule has 4 aromatic rings. The quantitative estimate of drug-likeness (QED) is 0.117. The van der Waals surface area contributed by atoms with Crippen molar-refractivity contribution in [1.82, 2.24) is 0 Å². The van der Waals surface area contributed by atoms with Gasteiger partial charge in [-0.3, -0.25) is 0 Å². The summed E-state index contributed by atoms with van der Waals surface area (Å²) in [6.07, 6.45) is 0. The maximum atomic E-state index is 12.3. The van der Waals surface area contributed by atoms with Crippen LogP contribution < -0.4 is 50.0 Å². The summed E-state index contributed by atoms with van der Waals surface area (Å²) in [6, 6.07) is 23.5. The number of methoxy groups -OCH3 is 6. The van der Waals surface area contributed by atoms with Gasteiger partial charge in [0.05, 0.1) is 39.6 Å². The van der Waals surface area contributed by atoms with Gasteiger partial charge in [-0.05, 0) is 43.3 Å². The molecule has 0 aromatic heterocycles. The minimum Gasteiger partial charge on any atom is -0.872 e. The number of hydrogen-bond acceptors (Lipinski definition) is 10. The molecule has 4 aromatic carbocycles. The van der Waals surface area contributed by atoms with Gasteiger partial charge in [-0.2, -0.15) is 0 Å². The van der Waals surface area contributed by atoms with E-state index >= 15 is 0 Å². The Kier molecular flexibility index (Phi) is 43.2. The van der Waals surface area contributed by atoms with Gasteiger partial charge in [0, 0.05) is 42.7 Å². The summed E-state index contributed by atoms with van der Waals surface area (Å²) in [7, 11) is 9.91. The molecular formula is C68H114NaO10Sm. The molecule has 0 aliphatic heterocycles. The van der Waals surface area contributed by atoms with Crippen molar-refractivity contribution in [3.05, 3.63) is 117 Å². The van der Waals surface area contributed by atoms with Crippen LogP contribution in [-0.4, -0.2) is 82.3 Å². The van der Waals surface area contributed by atoms with E-state index in [0.717, 1.165) is 44.5 Å². The first-order valence-corrected chi connectivity index (χ1v) is 27.5. The zero-order valence-electron chi connectivity index (χ0n) is 56.7. The van der Waals surface area contributed by atoms with Crippen molar-refractivity contribution in [2.75, 3.05) is 82.3 Å². The van der Waals surface area contributed by atoms with E-state index < -0.39 is 0 Å². The minimum atomic E-state index is -0.0711. The van der Waals surface area contributed by atoms with Gasteiger partial charge < -0.3 is 48.8 Å². The summed E-state index contributed by atoms with van der Waals surface area (Å²) in [5.41, 5.74) is 6.73. The molecule has 4 rings (SSSR count). The Hall–Kier alpha value is -1.82. The molecule has 80 heavy (non-hydrogen) atoms. The topological polar surface area (TPSA) is 148 Å². The molecule has 0 saturated carbocycles. The standard InChI is InChI=1S/4C14H22O.3C4H10O2.Na.Sm/c4*1-13(2,3)10-8-7-9-11(12(10)15)14(4,5)6;3*1-5-3-4-6-2;;/h4*7-9,15H,1-6H3;3*3-4H2,1-2H3;;/q;;;;;;;+1;+3/p-4. The van der Waals surface area contributed by atoms with Gasteiger partial charge in [-0.25, -0.2) is 0 Å². The van der Waals surface area contributed by atoms with E-state index in [1.54, 1.807) is 42.7 Å². The molecule has 12 heteroatoms. The van der Waals surface area contributed by atoms with Crippen LogP contribution in [0, 0.1) is 40.4 Å². The van der Waals surface area contributed by atoms with Crippen LogP contribution in [0.25, 0.3) is 0 Å². The molecule has 0 aliphatic carbocycles. The number of rotatable bonds is 9. The van der Waals surface area contributed by atoms with Crippen molar-refractivity contribution in [2.24, 2.45) is 0 Å². The summed E-state index contributed by atoms with van der Waals surface area (Å²) in [4.78, 5) is 0. The predicted octanol–water partition coefficient (Wildman–Crippen LogP) is 11.3. The number of benzene rings is 4. The molecule has 453 valence electrons. The molecule has 0 saturated heterocycles. The zero-order valence-corrected chi connectivity index (χ0v) is 61.3. The largest absolute Gasteiger partial charge is 3.00 e. The summed E-state index contributed by atoms with van der Waals surface area (Å²) in [6.45, 7) is 54.1. The van der Waals surface area contributed by atoms with Crippen LogP contribution in [0.1, 0.15) is 211 Å². The van der Waals surface area contributed by atoms with E-state index in [1.807, 2.05) is 72.8 Å². The van der Waals surface area contributed by atoms with Gasteiger partial charge in [0.1, 0.15) is 0 Å². The summed E-state index contributed by atoms with van der Waals surface area (Å²) in [5, 5.41) is 49.0. The molecule has 0 atom stereocenters. The fourth-order valence-corrected chi connectivity index (χ4v) is 7.37. The van der Waals surface area contributed by atoms with E-state index in [4.69, 9.17) is 0 Å².